The minimum absolute atomic E-state index is 0.138. The first-order valence-corrected chi connectivity index (χ1v) is 9.12. The second-order valence-electron chi connectivity index (χ2n) is 6.39. The molecule has 1 amide bonds. The first kappa shape index (κ1) is 20.3. The highest BCUT2D eigenvalue weighted by Gasteiger charge is 2.15. The second kappa shape index (κ2) is 9.14. The standard InChI is InChI=1S/C22H24N2O5/c1-14-18(24-22(29-14)16-6-8-17(26-2)9-7-16)12-21(25)23-13-15-5-10-19(27-3)20(11-15)28-4/h5-11H,12-13H2,1-4H3,(H,23,25). The van der Waals surface area contributed by atoms with Crippen LogP contribution in [-0.2, 0) is 17.8 Å². The number of aryl methyl sites for hydroxylation is 1. The number of benzene rings is 2. The summed E-state index contributed by atoms with van der Waals surface area (Å²) in [5.74, 6) is 2.98. The number of nitrogens with zero attached hydrogens (tertiary/aromatic N) is 1. The van der Waals surface area contributed by atoms with Crippen molar-refractivity contribution in [3.63, 3.8) is 0 Å². The molecule has 0 aliphatic carbocycles. The van der Waals surface area contributed by atoms with E-state index in [1.807, 2.05) is 42.5 Å². The normalized spacial score (nSPS) is 10.5. The molecule has 1 heterocycles. The molecular formula is C22H24N2O5. The Labute approximate surface area is 169 Å². The van der Waals surface area contributed by atoms with Gasteiger partial charge in [-0.25, -0.2) is 4.98 Å². The molecular weight excluding hydrogens is 372 g/mol. The van der Waals surface area contributed by atoms with Crippen LogP contribution in [0.4, 0.5) is 0 Å². The van der Waals surface area contributed by atoms with E-state index in [9.17, 15) is 4.79 Å². The van der Waals surface area contributed by atoms with E-state index >= 15 is 0 Å². The van der Waals surface area contributed by atoms with Crippen LogP contribution in [0.2, 0.25) is 0 Å². The molecule has 1 aromatic heterocycles. The van der Waals surface area contributed by atoms with Gasteiger partial charge in [0.2, 0.25) is 11.8 Å². The molecule has 7 heteroatoms. The maximum Gasteiger partial charge on any atom is 0.226 e. The average molecular weight is 396 g/mol. The minimum Gasteiger partial charge on any atom is -0.497 e. The highest BCUT2D eigenvalue weighted by atomic mass is 16.5. The molecule has 0 atom stereocenters. The van der Waals surface area contributed by atoms with Crippen molar-refractivity contribution in [1.82, 2.24) is 10.3 Å². The van der Waals surface area contributed by atoms with E-state index in [1.165, 1.54) is 0 Å². The van der Waals surface area contributed by atoms with E-state index in [0.717, 1.165) is 16.9 Å². The van der Waals surface area contributed by atoms with Crippen LogP contribution in [0.3, 0.4) is 0 Å². The van der Waals surface area contributed by atoms with Crippen molar-refractivity contribution in [3.05, 3.63) is 59.5 Å². The lowest BCUT2D eigenvalue weighted by Crippen LogP contribution is -2.25. The number of carbonyl (C=O) groups is 1. The lowest BCUT2D eigenvalue weighted by atomic mass is 10.2. The number of hydrogen-bond acceptors (Lipinski definition) is 6. The number of ether oxygens (including phenoxy) is 3. The van der Waals surface area contributed by atoms with Gasteiger partial charge in [-0.05, 0) is 48.9 Å². The SMILES string of the molecule is COc1ccc(-c2nc(CC(=O)NCc3ccc(OC)c(OC)c3)c(C)o2)cc1. The van der Waals surface area contributed by atoms with Crippen molar-refractivity contribution in [2.75, 3.05) is 21.3 Å². The molecule has 0 aliphatic heterocycles. The van der Waals surface area contributed by atoms with Crippen molar-refractivity contribution >= 4 is 5.91 Å². The first-order valence-electron chi connectivity index (χ1n) is 9.12. The van der Waals surface area contributed by atoms with Gasteiger partial charge in [0.05, 0.1) is 33.4 Å². The number of rotatable bonds is 8. The summed E-state index contributed by atoms with van der Waals surface area (Å²) in [6.07, 6.45) is 0.138. The van der Waals surface area contributed by atoms with E-state index in [2.05, 4.69) is 10.3 Å². The Bertz CT molecular complexity index is 979. The molecule has 3 aromatic rings. The number of amides is 1. The van der Waals surface area contributed by atoms with Gasteiger partial charge in [-0.1, -0.05) is 6.07 Å². The summed E-state index contributed by atoms with van der Waals surface area (Å²) in [5, 5.41) is 2.89. The van der Waals surface area contributed by atoms with Crippen LogP contribution in [0.5, 0.6) is 17.2 Å². The quantitative estimate of drug-likeness (QED) is 0.627. The molecule has 3 rings (SSSR count). The number of oxazole rings is 1. The molecule has 0 radical (unpaired) electrons. The Balaban J connectivity index is 1.63. The Morgan fingerprint density at radius 3 is 2.38 bits per heavy atom. The molecule has 0 fully saturated rings. The molecule has 2 aromatic carbocycles. The van der Waals surface area contributed by atoms with Crippen LogP contribution in [0, 0.1) is 6.92 Å². The predicted octanol–water partition coefficient (Wildman–Crippen LogP) is 3.53. The van der Waals surface area contributed by atoms with Crippen molar-refractivity contribution in [3.8, 4) is 28.7 Å². The summed E-state index contributed by atoms with van der Waals surface area (Å²) >= 11 is 0. The fourth-order valence-electron chi connectivity index (χ4n) is 2.85. The van der Waals surface area contributed by atoms with Crippen molar-refractivity contribution in [2.45, 2.75) is 19.9 Å². The smallest absolute Gasteiger partial charge is 0.226 e. The highest BCUT2D eigenvalue weighted by molar-refractivity contribution is 5.78. The minimum atomic E-state index is -0.141. The summed E-state index contributed by atoms with van der Waals surface area (Å²) in [6.45, 7) is 2.18. The Morgan fingerprint density at radius 2 is 1.72 bits per heavy atom. The molecule has 0 spiro atoms. The van der Waals surface area contributed by atoms with Gasteiger partial charge in [-0.3, -0.25) is 4.79 Å². The van der Waals surface area contributed by atoms with Gasteiger partial charge in [0, 0.05) is 12.1 Å². The molecule has 1 N–H and O–H groups in total. The van der Waals surface area contributed by atoms with Crippen LogP contribution in [-0.4, -0.2) is 32.2 Å². The molecule has 0 unspecified atom stereocenters. The largest absolute Gasteiger partial charge is 0.497 e. The number of methoxy groups -OCH3 is 3. The predicted molar refractivity (Wildman–Crippen MR) is 108 cm³/mol. The van der Waals surface area contributed by atoms with Crippen LogP contribution in [0.1, 0.15) is 17.0 Å². The van der Waals surface area contributed by atoms with Crippen LogP contribution in [0.15, 0.2) is 46.9 Å². The van der Waals surface area contributed by atoms with E-state index in [1.54, 1.807) is 28.3 Å². The van der Waals surface area contributed by atoms with Gasteiger partial charge in [-0.15, -0.1) is 0 Å². The maximum atomic E-state index is 12.4. The molecule has 0 aliphatic rings. The van der Waals surface area contributed by atoms with Crippen molar-refractivity contribution in [1.29, 1.82) is 0 Å². The zero-order valence-electron chi connectivity index (χ0n) is 16.9. The molecule has 0 saturated carbocycles. The zero-order chi connectivity index (χ0) is 20.8. The van der Waals surface area contributed by atoms with E-state index in [-0.39, 0.29) is 12.3 Å². The number of nitrogens with one attached hydrogen (secondary N) is 1. The summed E-state index contributed by atoms with van der Waals surface area (Å²) in [6, 6.07) is 12.9. The molecule has 152 valence electrons. The summed E-state index contributed by atoms with van der Waals surface area (Å²) < 4.78 is 21.4. The van der Waals surface area contributed by atoms with Gasteiger partial charge in [0.1, 0.15) is 11.5 Å². The fourth-order valence-corrected chi connectivity index (χ4v) is 2.85. The number of hydrogen-bond donors (Lipinski definition) is 1. The van der Waals surface area contributed by atoms with Gasteiger partial charge in [0.25, 0.3) is 0 Å². The Hall–Kier alpha value is -3.48. The first-order chi connectivity index (χ1) is 14.0. The zero-order valence-corrected chi connectivity index (χ0v) is 16.9. The summed E-state index contributed by atoms with van der Waals surface area (Å²) in [5.41, 5.74) is 2.35. The van der Waals surface area contributed by atoms with E-state index in [0.29, 0.717) is 35.4 Å². The van der Waals surface area contributed by atoms with Gasteiger partial charge >= 0.3 is 0 Å². The topological polar surface area (TPSA) is 82.8 Å². The summed E-state index contributed by atoms with van der Waals surface area (Å²) in [4.78, 5) is 16.9. The number of carbonyl (C=O) groups excluding carboxylic acids is 1. The van der Waals surface area contributed by atoms with Crippen LogP contribution >= 0.6 is 0 Å². The van der Waals surface area contributed by atoms with Crippen LogP contribution in [0.25, 0.3) is 11.5 Å². The lowest BCUT2D eigenvalue weighted by molar-refractivity contribution is -0.120. The van der Waals surface area contributed by atoms with Crippen LogP contribution < -0.4 is 19.5 Å². The van der Waals surface area contributed by atoms with Gasteiger partial charge in [-0.2, -0.15) is 0 Å². The van der Waals surface area contributed by atoms with E-state index in [4.69, 9.17) is 18.6 Å². The molecule has 7 nitrogen and oxygen atoms in total. The van der Waals surface area contributed by atoms with Gasteiger partial charge < -0.3 is 23.9 Å². The third kappa shape index (κ3) is 4.87. The van der Waals surface area contributed by atoms with Gasteiger partial charge in [0.15, 0.2) is 11.5 Å². The molecule has 0 bridgehead atoms. The third-order valence-corrected chi connectivity index (χ3v) is 4.50. The monoisotopic (exact) mass is 396 g/mol. The molecule has 29 heavy (non-hydrogen) atoms. The third-order valence-electron chi connectivity index (χ3n) is 4.50. The lowest BCUT2D eigenvalue weighted by Gasteiger charge is -2.10. The second-order valence-corrected chi connectivity index (χ2v) is 6.39. The highest BCUT2D eigenvalue weighted by Crippen LogP contribution is 2.27. The maximum absolute atomic E-state index is 12.4. The van der Waals surface area contributed by atoms with E-state index < -0.39 is 0 Å². The molecule has 0 saturated heterocycles. The number of aromatic nitrogens is 1. The summed E-state index contributed by atoms with van der Waals surface area (Å²) in [7, 11) is 4.77. The average Bonchev–Trinajstić information content (AvgIpc) is 3.12. The van der Waals surface area contributed by atoms with Crippen molar-refractivity contribution in [2.24, 2.45) is 0 Å². The Morgan fingerprint density at radius 1 is 1.00 bits per heavy atom. The van der Waals surface area contributed by atoms with Crippen molar-refractivity contribution < 1.29 is 23.4 Å². The fraction of sp³-hybridized carbons (Fsp3) is 0.273. The Kier molecular flexibility index (Phi) is 6.39.